The number of carboxylic acid groups (broad SMARTS) is 1. The molecule has 2 aromatic carbocycles. The van der Waals surface area contributed by atoms with Gasteiger partial charge in [-0.3, -0.25) is 9.69 Å². The van der Waals surface area contributed by atoms with Crippen molar-refractivity contribution in [3.63, 3.8) is 0 Å². The zero-order valence-electron chi connectivity index (χ0n) is 25.8. The Balaban J connectivity index is 1.19. The van der Waals surface area contributed by atoms with E-state index >= 15 is 0 Å². The van der Waals surface area contributed by atoms with E-state index in [0.29, 0.717) is 38.6 Å². The van der Waals surface area contributed by atoms with E-state index in [0.717, 1.165) is 74.0 Å². The fourth-order valence-corrected chi connectivity index (χ4v) is 7.17. The lowest BCUT2D eigenvalue weighted by Crippen LogP contribution is -2.45. The first kappa shape index (κ1) is 29.6. The molecule has 3 aromatic rings. The van der Waals surface area contributed by atoms with E-state index in [-0.39, 0.29) is 11.3 Å². The summed E-state index contributed by atoms with van der Waals surface area (Å²) in [5.41, 5.74) is 7.05. The maximum atomic E-state index is 11.4. The lowest BCUT2D eigenvalue weighted by atomic mass is 9.80. The van der Waals surface area contributed by atoms with Gasteiger partial charge in [-0.15, -0.1) is 0 Å². The molecule has 43 heavy (non-hydrogen) atoms. The van der Waals surface area contributed by atoms with Gasteiger partial charge in [-0.2, -0.15) is 0 Å². The molecule has 3 aliphatic rings. The first-order chi connectivity index (χ1) is 20.8. The number of carbonyl (C=O) groups is 1. The van der Waals surface area contributed by atoms with Crippen molar-refractivity contribution < 1.29 is 19.4 Å². The molecule has 0 spiro atoms. The van der Waals surface area contributed by atoms with Gasteiger partial charge in [-0.1, -0.05) is 50.2 Å². The summed E-state index contributed by atoms with van der Waals surface area (Å²) in [7, 11) is 0. The van der Waals surface area contributed by atoms with Crippen LogP contribution >= 0.6 is 0 Å². The van der Waals surface area contributed by atoms with E-state index in [4.69, 9.17) is 14.5 Å². The van der Waals surface area contributed by atoms with Crippen LogP contribution in [-0.4, -0.2) is 66.4 Å². The van der Waals surface area contributed by atoms with Crippen LogP contribution in [0.15, 0.2) is 54.6 Å². The number of aromatic nitrogens is 1. The predicted octanol–water partition coefficient (Wildman–Crippen LogP) is 6.25. The van der Waals surface area contributed by atoms with Gasteiger partial charge in [0.25, 0.3) is 0 Å². The third kappa shape index (κ3) is 6.58. The van der Waals surface area contributed by atoms with Crippen LogP contribution in [0.4, 0.5) is 5.82 Å². The van der Waals surface area contributed by atoms with E-state index in [9.17, 15) is 9.90 Å². The van der Waals surface area contributed by atoms with E-state index in [1.165, 1.54) is 16.7 Å². The number of piperidine rings is 1. The van der Waals surface area contributed by atoms with E-state index in [1.54, 1.807) is 0 Å². The lowest BCUT2D eigenvalue weighted by Gasteiger charge is -2.38. The molecule has 0 radical (unpaired) electrons. The quantitative estimate of drug-likeness (QED) is 0.352. The van der Waals surface area contributed by atoms with Crippen LogP contribution in [0.2, 0.25) is 0 Å². The summed E-state index contributed by atoms with van der Waals surface area (Å²) in [6, 6.07) is 19.8. The van der Waals surface area contributed by atoms with Crippen molar-refractivity contribution in [1.29, 1.82) is 0 Å². The summed E-state index contributed by atoms with van der Waals surface area (Å²) < 4.78 is 12.2. The summed E-state index contributed by atoms with van der Waals surface area (Å²) in [5, 5.41) is 9.38. The van der Waals surface area contributed by atoms with Crippen molar-refractivity contribution in [3.8, 4) is 17.0 Å². The molecular formula is C36H45N3O4. The van der Waals surface area contributed by atoms with Crippen LogP contribution in [0, 0.1) is 12.8 Å². The molecule has 2 saturated heterocycles. The summed E-state index contributed by atoms with van der Waals surface area (Å²) in [5.74, 6) is 0.784. The number of aliphatic carboxylic acids is 1. The third-order valence-corrected chi connectivity index (χ3v) is 9.65. The second-order valence-electron chi connectivity index (χ2n) is 13.2. The Bertz CT molecular complexity index is 1440. The van der Waals surface area contributed by atoms with Gasteiger partial charge in [0, 0.05) is 56.4 Å². The average Bonchev–Trinajstić information content (AvgIpc) is 3.16. The average molecular weight is 584 g/mol. The molecule has 3 aliphatic heterocycles. The molecule has 1 aromatic heterocycles. The highest BCUT2D eigenvalue weighted by Gasteiger charge is 2.33. The minimum Gasteiger partial charge on any atom is -0.488 e. The molecule has 7 heteroatoms. The number of carboxylic acids is 1. The van der Waals surface area contributed by atoms with E-state index in [2.05, 4.69) is 67.0 Å². The highest BCUT2D eigenvalue weighted by Crippen LogP contribution is 2.36. The van der Waals surface area contributed by atoms with Crippen LogP contribution in [0.1, 0.15) is 61.8 Å². The highest BCUT2D eigenvalue weighted by molar-refractivity contribution is 5.71. The molecule has 0 aliphatic carbocycles. The maximum absolute atomic E-state index is 11.4. The van der Waals surface area contributed by atoms with Crippen molar-refractivity contribution in [2.75, 3.05) is 44.3 Å². The third-order valence-electron chi connectivity index (χ3n) is 9.65. The normalized spacial score (nSPS) is 19.9. The van der Waals surface area contributed by atoms with Gasteiger partial charge in [0.2, 0.25) is 0 Å². The first-order valence-electron chi connectivity index (χ1n) is 15.9. The summed E-state index contributed by atoms with van der Waals surface area (Å²) >= 11 is 0. The largest absolute Gasteiger partial charge is 0.488 e. The van der Waals surface area contributed by atoms with Crippen molar-refractivity contribution in [2.45, 2.75) is 70.9 Å². The Morgan fingerprint density at radius 1 is 1.02 bits per heavy atom. The fraction of sp³-hybridized carbons (Fsp3) is 0.500. The van der Waals surface area contributed by atoms with Gasteiger partial charge in [0.1, 0.15) is 18.2 Å². The smallest absolute Gasteiger partial charge is 0.306 e. The minimum absolute atomic E-state index is 0.0528. The monoisotopic (exact) mass is 583 g/mol. The van der Waals surface area contributed by atoms with Crippen molar-refractivity contribution in [3.05, 3.63) is 76.9 Å². The Morgan fingerprint density at radius 3 is 2.56 bits per heavy atom. The number of rotatable bonds is 7. The number of aryl methyl sites for hydroxylation is 1. The van der Waals surface area contributed by atoms with Crippen LogP contribution in [0.5, 0.6) is 5.75 Å². The zero-order valence-corrected chi connectivity index (χ0v) is 25.8. The van der Waals surface area contributed by atoms with Gasteiger partial charge >= 0.3 is 5.97 Å². The fourth-order valence-electron chi connectivity index (χ4n) is 7.17. The molecule has 228 valence electrons. The lowest BCUT2D eigenvalue weighted by molar-refractivity contribution is -0.142. The highest BCUT2D eigenvalue weighted by atomic mass is 16.5. The molecule has 0 bridgehead atoms. The molecule has 2 fully saturated rings. The molecule has 1 N–H and O–H groups in total. The maximum Gasteiger partial charge on any atom is 0.306 e. The molecule has 0 amide bonds. The van der Waals surface area contributed by atoms with Gasteiger partial charge in [-0.05, 0) is 79.5 Å². The summed E-state index contributed by atoms with van der Waals surface area (Å²) in [6.07, 6.45) is 4.63. The predicted molar refractivity (Wildman–Crippen MR) is 170 cm³/mol. The molecule has 4 heterocycles. The van der Waals surface area contributed by atoms with E-state index < -0.39 is 5.97 Å². The Kier molecular flexibility index (Phi) is 8.73. The van der Waals surface area contributed by atoms with Gasteiger partial charge < -0.3 is 19.5 Å². The Hall–Kier alpha value is -3.42. The number of benzene rings is 2. The zero-order chi connectivity index (χ0) is 30.0. The number of ether oxygens (including phenoxy) is 2. The van der Waals surface area contributed by atoms with Crippen molar-refractivity contribution in [2.24, 2.45) is 5.92 Å². The number of nitrogens with zero attached hydrogens (tertiary/aromatic N) is 3. The molecular weight excluding hydrogens is 538 g/mol. The van der Waals surface area contributed by atoms with Crippen LogP contribution in [-0.2, 0) is 28.0 Å². The topological polar surface area (TPSA) is 75.1 Å². The minimum atomic E-state index is -0.696. The first-order valence-corrected chi connectivity index (χ1v) is 15.9. The van der Waals surface area contributed by atoms with Crippen LogP contribution in [0.25, 0.3) is 11.3 Å². The number of hydrogen-bond acceptors (Lipinski definition) is 6. The molecule has 6 rings (SSSR count). The van der Waals surface area contributed by atoms with Crippen molar-refractivity contribution >= 4 is 11.8 Å². The second-order valence-corrected chi connectivity index (χ2v) is 13.2. The standard InChI is InChI=1S/C36H45N3O4/c1-25-6-4-7-30(32-8-5-9-33(37-32)38-17-13-28(14-18-38)35(40)41)34(25)43-23-26-10-11-27-12-19-39(29-15-20-42-21-16-29)24-36(2,3)31(27)22-26/h4-11,22,28-29H,12-21,23-24H2,1-3H3,(H,40,41). The summed E-state index contributed by atoms with van der Waals surface area (Å²) in [6.45, 7) is 12.7. The summed E-state index contributed by atoms with van der Waals surface area (Å²) in [4.78, 5) is 21.3. The van der Waals surface area contributed by atoms with Crippen LogP contribution in [0.3, 0.4) is 0 Å². The SMILES string of the molecule is Cc1cccc(-c2cccc(N3CCC(C(=O)O)CC3)n2)c1OCc1ccc2c(c1)C(C)(C)CN(C1CCOCC1)CC2. The van der Waals surface area contributed by atoms with Gasteiger partial charge in [0.05, 0.1) is 11.6 Å². The van der Waals surface area contributed by atoms with E-state index in [1.807, 2.05) is 18.2 Å². The number of fused-ring (bicyclic) bond motifs is 1. The van der Waals surface area contributed by atoms with Gasteiger partial charge in [-0.25, -0.2) is 4.98 Å². The Morgan fingerprint density at radius 2 is 1.79 bits per heavy atom. The van der Waals surface area contributed by atoms with Gasteiger partial charge in [0.15, 0.2) is 0 Å². The van der Waals surface area contributed by atoms with Crippen molar-refractivity contribution in [1.82, 2.24) is 9.88 Å². The number of anilines is 1. The molecule has 0 unspecified atom stereocenters. The van der Waals surface area contributed by atoms with Crippen LogP contribution < -0.4 is 9.64 Å². The number of pyridine rings is 1. The second kappa shape index (κ2) is 12.7. The molecule has 0 saturated carbocycles. The Labute approximate surface area is 255 Å². The number of hydrogen-bond donors (Lipinski definition) is 1. The molecule has 0 atom stereocenters. The molecule has 7 nitrogen and oxygen atoms in total. The number of para-hydroxylation sites is 1.